The Bertz CT molecular complexity index is 757. The maximum Gasteiger partial charge on any atom is 0.412 e. The molecule has 0 atom stereocenters. The number of fused-ring (bicyclic) bond motifs is 1. The van der Waals surface area contributed by atoms with E-state index in [2.05, 4.69) is 15.0 Å². The first kappa shape index (κ1) is 18.7. The maximum atomic E-state index is 12.2. The van der Waals surface area contributed by atoms with Crippen LogP contribution in [0.4, 0.5) is 4.79 Å². The van der Waals surface area contributed by atoms with Crippen molar-refractivity contribution in [2.75, 3.05) is 13.7 Å². The highest BCUT2D eigenvalue weighted by atomic mass is 16.6. The van der Waals surface area contributed by atoms with Crippen molar-refractivity contribution in [2.45, 2.75) is 39.4 Å². The second kappa shape index (κ2) is 7.52. The van der Waals surface area contributed by atoms with Crippen molar-refractivity contribution < 1.29 is 23.8 Å². The van der Waals surface area contributed by atoms with Gasteiger partial charge >= 0.3 is 12.1 Å². The summed E-state index contributed by atoms with van der Waals surface area (Å²) in [5.74, 6) is -0.792. The molecule has 0 aromatic carbocycles. The van der Waals surface area contributed by atoms with E-state index in [1.165, 1.54) is 13.2 Å². The first-order valence-corrected chi connectivity index (χ1v) is 7.82. The van der Waals surface area contributed by atoms with Gasteiger partial charge < -0.3 is 19.2 Å². The van der Waals surface area contributed by atoms with E-state index in [0.29, 0.717) is 19.6 Å². The zero-order valence-electron chi connectivity index (χ0n) is 14.7. The van der Waals surface area contributed by atoms with Crippen molar-refractivity contribution in [2.24, 2.45) is 0 Å². The number of amides is 1. The van der Waals surface area contributed by atoms with Gasteiger partial charge in [0.25, 0.3) is 5.56 Å². The lowest BCUT2D eigenvalue weighted by molar-refractivity contribution is -0.136. The van der Waals surface area contributed by atoms with Crippen LogP contribution in [0.2, 0.25) is 0 Å². The number of nitrogens with one attached hydrogen (secondary N) is 2. The molecule has 1 aliphatic rings. The molecule has 0 radical (unpaired) electrons. The molecule has 0 unspecified atom stereocenters. The molecule has 0 spiro atoms. The van der Waals surface area contributed by atoms with E-state index >= 15 is 0 Å². The zero-order chi connectivity index (χ0) is 18.6. The Kier molecular flexibility index (Phi) is 5.63. The first-order valence-electron chi connectivity index (χ1n) is 7.82. The number of hydrogen-bond acceptors (Lipinski definition) is 6. The molecule has 0 bridgehead atoms. The third-order valence-corrected chi connectivity index (χ3v) is 3.34. The molecule has 8 nitrogen and oxygen atoms in total. The van der Waals surface area contributed by atoms with Gasteiger partial charge in [0, 0.05) is 17.7 Å². The highest BCUT2D eigenvalue weighted by Gasteiger charge is 2.21. The van der Waals surface area contributed by atoms with Gasteiger partial charge in [-0.2, -0.15) is 0 Å². The summed E-state index contributed by atoms with van der Waals surface area (Å²) in [4.78, 5) is 38.8. The fourth-order valence-corrected chi connectivity index (χ4v) is 2.27. The molecule has 2 rings (SSSR count). The van der Waals surface area contributed by atoms with Crippen LogP contribution in [0, 0.1) is 0 Å². The van der Waals surface area contributed by atoms with E-state index in [1.807, 2.05) is 0 Å². The summed E-state index contributed by atoms with van der Waals surface area (Å²) in [6, 6.07) is 1.63. The first-order chi connectivity index (χ1) is 11.7. The van der Waals surface area contributed by atoms with Crippen LogP contribution >= 0.6 is 0 Å². The Morgan fingerprint density at radius 2 is 2.08 bits per heavy atom. The molecular weight excluding hydrogens is 328 g/mol. The molecule has 8 heteroatoms. The lowest BCUT2D eigenvalue weighted by Crippen LogP contribution is -2.34. The number of ether oxygens (including phenoxy) is 3. The van der Waals surface area contributed by atoms with Gasteiger partial charge in [-0.3, -0.25) is 10.1 Å². The van der Waals surface area contributed by atoms with E-state index in [-0.39, 0.29) is 16.8 Å². The van der Waals surface area contributed by atoms with Gasteiger partial charge in [-0.15, -0.1) is 0 Å². The number of hydrogen-bond donors (Lipinski definition) is 2. The van der Waals surface area contributed by atoms with Crippen LogP contribution in [0.3, 0.4) is 0 Å². The minimum atomic E-state index is -0.818. The predicted octanol–water partition coefficient (Wildman–Crippen LogP) is 1.49. The molecule has 1 aromatic rings. The standard InChI is InChI=1S/C17H22N2O6/c1-17(2,3)25-16(22)19-13(15(21)23-4)8-10-7-11-9-24-6-5-12(11)18-14(10)20/h7-8H,5-6,9H2,1-4H3,(H,18,20)(H,19,22)/b13-8-. The molecule has 1 aliphatic heterocycles. The van der Waals surface area contributed by atoms with Gasteiger partial charge in [-0.1, -0.05) is 0 Å². The Hall–Kier alpha value is -2.61. The summed E-state index contributed by atoms with van der Waals surface area (Å²) in [6.07, 6.45) is 1.06. The smallest absolute Gasteiger partial charge is 0.412 e. The third kappa shape index (κ3) is 5.18. The molecular formula is C17H22N2O6. The molecule has 136 valence electrons. The lowest BCUT2D eigenvalue weighted by atomic mass is 10.1. The summed E-state index contributed by atoms with van der Waals surface area (Å²) in [6.45, 7) is 6.01. The second-order valence-electron chi connectivity index (χ2n) is 6.54. The highest BCUT2D eigenvalue weighted by Crippen LogP contribution is 2.15. The molecule has 0 fully saturated rings. The van der Waals surface area contributed by atoms with Crippen LogP contribution in [-0.2, 0) is 32.0 Å². The molecule has 2 heterocycles. The fourth-order valence-electron chi connectivity index (χ4n) is 2.27. The van der Waals surface area contributed by atoms with Crippen molar-refractivity contribution in [3.63, 3.8) is 0 Å². The largest absolute Gasteiger partial charge is 0.464 e. The Labute approximate surface area is 145 Å². The minimum Gasteiger partial charge on any atom is -0.464 e. The van der Waals surface area contributed by atoms with Crippen molar-refractivity contribution >= 4 is 18.1 Å². The van der Waals surface area contributed by atoms with Crippen LogP contribution in [0.25, 0.3) is 6.08 Å². The topological polar surface area (TPSA) is 107 Å². The monoisotopic (exact) mass is 350 g/mol. The number of aromatic amines is 1. The zero-order valence-corrected chi connectivity index (χ0v) is 14.7. The van der Waals surface area contributed by atoms with Gasteiger partial charge in [0.15, 0.2) is 0 Å². The Morgan fingerprint density at radius 1 is 1.36 bits per heavy atom. The molecule has 1 amide bonds. The van der Waals surface area contributed by atoms with E-state index in [0.717, 1.165) is 11.3 Å². The molecule has 0 saturated heterocycles. The van der Waals surface area contributed by atoms with Crippen LogP contribution in [0.15, 0.2) is 16.6 Å². The molecule has 0 saturated carbocycles. The number of carbonyl (C=O) groups is 2. The van der Waals surface area contributed by atoms with E-state index in [4.69, 9.17) is 9.47 Å². The number of alkyl carbamates (subject to hydrolysis) is 1. The van der Waals surface area contributed by atoms with Crippen LogP contribution in [-0.4, -0.2) is 36.4 Å². The minimum absolute atomic E-state index is 0.195. The van der Waals surface area contributed by atoms with Crippen LogP contribution < -0.4 is 10.9 Å². The summed E-state index contributed by atoms with van der Waals surface area (Å²) in [5, 5.41) is 2.32. The average molecular weight is 350 g/mol. The Morgan fingerprint density at radius 3 is 2.72 bits per heavy atom. The number of carbonyl (C=O) groups excluding carboxylic acids is 2. The van der Waals surface area contributed by atoms with Crippen LogP contribution in [0.1, 0.15) is 37.6 Å². The summed E-state index contributed by atoms with van der Waals surface area (Å²) in [5.41, 5.74) is 0.561. The number of methoxy groups -OCH3 is 1. The average Bonchev–Trinajstić information content (AvgIpc) is 2.52. The van der Waals surface area contributed by atoms with Crippen molar-refractivity contribution in [3.8, 4) is 0 Å². The van der Waals surface area contributed by atoms with Crippen molar-refractivity contribution in [1.82, 2.24) is 10.3 Å². The second-order valence-corrected chi connectivity index (χ2v) is 6.54. The predicted molar refractivity (Wildman–Crippen MR) is 89.8 cm³/mol. The van der Waals surface area contributed by atoms with E-state index < -0.39 is 17.7 Å². The van der Waals surface area contributed by atoms with Crippen molar-refractivity contribution in [1.29, 1.82) is 0 Å². The molecule has 25 heavy (non-hydrogen) atoms. The number of esters is 1. The quantitative estimate of drug-likeness (QED) is 0.632. The van der Waals surface area contributed by atoms with Gasteiger partial charge in [-0.25, -0.2) is 9.59 Å². The van der Waals surface area contributed by atoms with Gasteiger partial charge in [0.05, 0.1) is 20.3 Å². The van der Waals surface area contributed by atoms with E-state index in [1.54, 1.807) is 26.8 Å². The van der Waals surface area contributed by atoms with Gasteiger partial charge in [0.1, 0.15) is 11.3 Å². The number of H-pyrrole nitrogens is 1. The van der Waals surface area contributed by atoms with Crippen LogP contribution in [0.5, 0.6) is 0 Å². The molecule has 0 aliphatic carbocycles. The number of rotatable bonds is 3. The van der Waals surface area contributed by atoms with Gasteiger partial charge in [0.2, 0.25) is 0 Å². The fraction of sp³-hybridized carbons (Fsp3) is 0.471. The summed E-state index contributed by atoms with van der Waals surface area (Å²) >= 11 is 0. The summed E-state index contributed by atoms with van der Waals surface area (Å²) < 4.78 is 15.1. The van der Waals surface area contributed by atoms with Crippen molar-refractivity contribution in [3.05, 3.63) is 38.9 Å². The molecule has 1 aromatic heterocycles. The Balaban J connectivity index is 2.33. The normalized spacial score (nSPS) is 14.5. The highest BCUT2D eigenvalue weighted by molar-refractivity contribution is 5.96. The molecule has 2 N–H and O–H groups in total. The van der Waals surface area contributed by atoms with E-state index in [9.17, 15) is 14.4 Å². The summed E-state index contributed by atoms with van der Waals surface area (Å²) in [7, 11) is 1.18. The third-order valence-electron chi connectivity index (χ3n) is 3.34. The SMILES string of the molecule is COC(=O)/C(=C/c1cc2c([nH]c1=O)CCOC2)NC(=O)OC(C)(C)C. The number of aromatic nitrogens is 1. The maximum absolute atomic E-state index is 12.2. The number of pyridine rings is 1. The van der Waals surface area contributed by atoms with Gasteiger partial charge in [-0.05, 0) is 38.5 Å². The lowest BCUT2D eigenvalue weighted by Gasteiger charge is -2.20.